The molecule has 8 heteroatoms. The predicted molar refractivity (Wildman–Crippen MR) is 266 cm³/mol. The number of ether oxygens (including phenoxy) is 3. The summed E-state index contributed by atoms with van der Waals surface area (Å²) in [7, 11) is 5.55. The highest BCUT2D eigenvalue weighted by Crippen LogP contribution is 2.17. The summed E-state index contributed by atoms with van der Waals surface area (Å²) >= 11 is 0. The number of carbonyl (C=O) groups excluding carboxylic acids is 2. The topological polar surface area (TPSA) is 99.1 Å². The van der Waals surface area contributed by atoms with Crippen LogP contribution in [-0.4, -0.2) is 80.6 Å². The van der Waals surface area contributed by atoms with Crippen LogP contribution in [0.5, 0.6) is 0 Å². The summed E-state index contributed by atoms with van der Waals surface area (Å²) in [5, 5.41) is 9.66. The van der Waals surface area contributed by atoms with Gasteiger partial charge in [-0.2, -0.15) is 0 Å². The second-order valence-electron chi connectivity index (χ2n) is 19.8. The van der Waals surface area contributed by atoms with Crippen LogP contribution in [0.25, 0.3) is 0 Å². The number of allylic oxidation sites excluding steroid dienone is 2. The molecule has 2 unspecified atom stereocenters. The normalized spacial score (nSPS) is 12.8. The minimum Gasteiger partial charge on any atom is -0.477 e. The van der Waals surface area contributed by atoms with Crippen molar-refractivity contribution in [3.8, 4) is 0 Å². The van der Waals surface area contributed by atoms with E-state index in [-0.39, 0.29) is 36.2 Å². The van der Waals surface area contributed by atoms with E-state index in [0.29, 0.717) is 19.3 Å². The highest BCUT2D eigenvalue weighted by atomic mass is 16.6. The number of carboxylic acid groups (broad SMARTS) is 1. The van der Waals surface area contributed by atoms with Crippen molar-refractivity contribution in [3.63, 3.8) is 0 Å². The average molecular weight is 893 g/mol. The lowest BCUT2D eigenvalue weighted by atomic mass is 10.0. The van der Waals surface area contributed by atoms with Gasteiger partial charge < -0.3 is 23.8 Å². The molecule has 0 spiro atoms. The average Bonchev–Trinajstić information content (AvgIpc) is 3.24. The van der Waals surface area contributed by atoms with Crippen molar-refractivity contribution in [2.24, 2.45) is 0 Å². The predicted octanol–water partition coefficient (Wildman–Crippen LogP) is 15.8. The van der Waals surface area contributed by atoms with Gasteiger partial charge >= 0.3 is 17.9 Å². The molecule has 0 heterocycles. The number of carbonyl (C=O) groups is 3. The Morgan fingerprint density at radius 2 is 0.794 bits per heavy atom. The molecular weight excluding hydrogens is 787 g/mol. The van der Waals surface area contributed by atoms with Crippen molar-refractivity contribution in [3.05, 3.63) is 12.2 Å². The largest absolute Gasteiger partial charge is 0.477 e. The summed E-state index contributed by atoms with van der Waals surface area (Å²) in [5.41, 5.74) is 0. The third-order valence-corrected chi connectivity index (χ3v) is 12.7. The number of quaternary nitrogens is 1. The Kier molecular flexibility index (Phi) is 45.2. The number of hydrogen-bond acceptors (Lipinski definition) is 6. The Bertz CT molecular complexity index is 1040. The number of hydrogen-bond donors (Lipinski definition) is 1. The molecule has 0 amide bonds. The van der Waals surface area contributed by atoms with Crippen LogP contribution >= 0.6 is 0 Å². The van der Waals surface area contributed by atoms with E-state index >= 15 is 0 Å². The van der Waals surface area contributed by atoms with Crippen LogP contribution in [-0.2, 0) is 28.6 Å². The summed E-state index contributed by atoms with van der Waals surface area (Å²) in [6, 6.07) is -0.613. The van der Waals surface area contributed by atoms with Gasteiger partial charge in [0.05, 0.1) is 34.4 Å². The van der Waals surface area contributed by atoms with Gasteiger partial charge in [0.15, 0.2) is 12.1 Å². The summed E-state index contributed by atoms with van der Waals surface area (Å²) < 4.78 is 17.4. The minimum atomic E-state index is -0.871. The fraction of sp³-hybridized carbons (Fsp3) is 0.909. The van der Waals surface area contributed by atoms with Crippen LogP contribution in [0, 0.1) is 0 Å². The number of unbranched alkanes of at least 4 members (excludes halogenated alkanes) is 34. The van der Waals surface area contributed by atoms with Crippen molar-refractivity contribution < 1.29 is 38.2 Å². The summed E-state index contributed by atoms with van der Waals surface area (Å²) in [6.45, 7) is 4.78. The lowest BCUT2D eigenvalue weighted by molar-refractivity contribution is -0.887. The molecule has 0 radical (unpaired) electrons. The first-order chi connectivity index (χ1) is 30.6. The molecule has 0 saturated carbocycles. The van der Waals surface area contributed by atoms with Gasteiger partial charge in [-0.05, 0) is 38.5 Å². The minimum absolute atomic E-state index is 0.0475. The van der Waals surface area contributed by atoms with Gasteiger partial charge in [-0.1, -0.05) is 225 Å². The van der Waals surface area contributed by atoms with Crippen LogP contribution in [0.4, 0.5) is 0 Å². The fourth-order valence-corrected chi connectivity index (χ4v) is 8.44. The number of aliphatic carboxylic acids is 1. The first-order valence-electron chi connectivity index (χ1n) is 27.2. The summed E-state index contributed by atoms with van der Waals surface area (Å²) in [5.74, 6) is -1.45. The number of rotatable bonds is 50. The number of carboxylic acids is 1. The molecular formula is C55H106NO7+. The quantitative estimate of drug-likeness (QED) is 0.0281. The van der Waals surface area contributed by atoms with Gasteiger partial charge in [-0.3, -0.25) is 9.59 Å². The number of likely N-dealkylation sites (N-methyl/N-ethyl adjacent to an activating group) is 1. The van der Waals surface area contributed by atoms with Crippen LogP contribution in [0.1, 0.15) is 271 Å². The van der Waals surface area contributed by atoms with E-state index in [4.69, 9.17) is 14.2 Å². The van der Waals surface area contributed by atoms with Crippen LogP contribution < -0.4 is 0 Å². The molecule has 0 saturated heterocycles. The zero-order valence-electron chi connectivity index (χ0n) is 42.6. The van der Waals surface area contributed by atoms with Crippen molar-refractivity contribution in [1.82, 2.24) is 0 Å². The van der Waals surface area contributed by atoms with Crippen molar-refractivity contribution in [2.45, 2.75) is 283 Å². The van der Waals surface area contributed by atoms with E-state index in [9.17, 15) is 19.5 Å². The van der Waals surface area contributed by atoms with Gasteiger partial charge in [0.1, 0.15) is 6.61 Å². The molecule has 1 N–H and O–H groups in total. The first-order valence-corrected chi connectivity index (χ1v) is 27.2. The lowest BCUT2D eigenvalue weighted by Gasteiger charge is -2.31. The second-order valence-corrected chi connectivity index (χ2v) is 19.8. The molecule has 0 fully saturated rings. The van der Waals surface area contributed by atoms with Gasteiger partial charge in [-0.25, -0.2) is 4.79 Å². The number of esters is 2. The molecule has 2 atom stereocenters. The van der Waals surface area contributed by atoms with E-state index in [1.807, 2.05) is 21.1 Å². The molecule has 0 aromatic heterocycles. The molecule has 0 aromatic carbocycles. The standard InChI is InChI=1S/C55H105NO7/c1-6-8-10-12-14-16-18-20-22-24-25-26-27-28-29-30-32-33-35-37-39-41-43-45-53(57)62-50-51(49-61-48-47-52(55(59)60)56(3,4)5)63-54(58)46-44-42-40-38-36-34-31-23-21-19-17-15-13-11-9-7-2/h23,31,51-52H,6-22,24-30,32-50H2,1-5H3/p+1/b31-23-. The second kappa shape index (κ2) is 46.6. The summed E-state index contributed by atoms with van der Waals surface area (Å²) in [6.07, 6.45) is 52.7. The molecule has 372 valence electrons. The van der Waals surface area contributed by atoms with Gasteiger partial charge in [-0.15, -0.1) is 0 Å². The molecule has 0 bridgehead atoms. The Hall–Kier alpha value is -1.93. The van der Waals surface area contributed by atoms with Crippen LogP contribution in [0.15, 0.2) is 12.2 Å². The van der Waals surface area contributed by atoms with Gasteiger partial charge in [0, 0.05) is 19.3 Å². The Labute approximate surface area is 390 Å². The van der Waals surface area contributed by atoms with E-state index < -0.39 is 18.1 Å². The van der Waals surface area contributed by atoms with Crippen LogP contribution in [0.3, 0.4) is 0 Å². The van der Waals surface area contributed by atoms with Crippen molar-refractivity contribution in [1.29, 1.82) is 0 Å². The first kappa shape index (κ1) is 61.1. The van der Waals surface area contributed by atoms with Crippen molar-refractivity contribution >= 4 is 17.9 Å². The zero-order valence-corrected chi connectivity index (χ0v) is 42.6. The Morgan fingerprint density at radius 1 is 0.460 bits per heavy atom. The van der Waals surface area contributed by atoms with E-state index in [0.717, 1.165) is 51.4 Å². The van der Waals surface area contributed by atoms with E-state index in [1.165, 1.54) is 186 Å². The van der Waals surface area contributed by atoms with E-state index in [2.05, 4.69) is 26.0 Å². The molecule has 0 aliphatic heterocycles. The third-order valence-electron chi connectivity index (χ3n) is 12.7. The smallest absolute Gasteiger partial charge is 0.362 e. The molecule has 0 rings (SSSR count). The van der Waals surface area contributed by atoms with Crippen molar-refractivity contribution in [2.75, 3.05) is 41.0 Å². The highest BCUT2D eigenvalue weighted by molar-refractivity contribution is 5.72. The SMILES string of the molecule is CCCCCCCCC/C=C\CCCCCCCC(=O)OC(COCCC(C(=O)O)[N+](C)(C)C)COC(=O)CCCCCCCCCCCCCCCCCCCCCCCCC. The molecule has 0 aromatic rings. The molecule has 63 heavy (non-hydrogen) atoms. The third kappa shape index (κ3) is 45.0. The fourth-order valence-electron chi connectivity index (χ4n) is 8.44. The maximum atomic E-state index is 12.8. The molecule has 0 aliphatic carbocycles. The maximum Gasteiger partial charge on any atom is 0.362 e. The monoisotopic (exact) mass is 893 g/mol. The van der Waals surface area contributed by atoms with E-state index in [1.54, 1.807) is 0 Å². The Balaban J connectivity index is 4.14. The number of nitrogens with zero attached hydrogens (tertiary/aromatic N) is 1. The molecule has 8 nitrogen and oxygen atoms in total. The van der Waals surface area contributed by atoms with Gasteiger partial charge in [0.25, 0.3) is 0 Å². The zero-order chi connectivity index (χ0) is 46.3. The maximum absolute atomic E-state index is 12.8. The highest BCUT2D eigenvalue weighted by Gasteiger charge is 2.31. The van der Waals surface area contributed by atoms with Gasteiger partial charge in [0.2, 0.25) is 0 Å². The molecule has 0 aliphatic rings. The Morgan fingerprint density at radius 3 is 1.14 bits per heavy atom. The lowest BCUT2D eigenvalue weighted by Crippen LogP contribution is -2.50. The summed E-state index contributed by atoms with van der Waals surface area (Å²) in [4.78, 5) is 37.2. The van der Waals surface area contributed by atoms with Crippen LogP contribution in [0.2, 0.25) is 0 Å².